The first kappa shape index (κ1) is 12.9. The van der Waals surface area contributed by atoms with Gasteiger partial charge in [0.2, 0.25) is 0 Å². The van der Waals surface area contributed by atoms with Crippen molar-refractivity contribution in [2.75, 3.05) is 13.6 Å². The van der Waals surface area contributed by atoms with Crippen molar-refractivity contribution < 1.29 is 4.42 Å². The van der Waals surface area contributed by atoms with Crippen LogP contribution in [0.25, 0.3) is 22.1 Å². The minimum absolute atomic E-state index is 0.922. The molecule has 4 nitrogen and oxygen atoms in total. The van der Waals surface area contributed by atoms with Crippen molar-refractivity contribution in [3.8, 4) is 11.1 Å². The monoisotopic (exact) mass is 269 g/mol. The van der Waals surface area contributed by atoms with E-state index in [2.05, 4.69) is 23.4 Å². The first-order valence-corrected chi connectivity index (χ1v) is 6.86. The fourth-order valence-electron chi connectivity index (χ4n) is 2.76. The van der Waals surface area contributed by atoms with Gasteiger partial charge < -0.3 is 9.73 Å². The van der Waals surface area contributed by atoms with E-state index in [0.717, 1.165) is 35.2 Å². The van der Waals surface area contributed by atoms with Gasteiger partial charge in [0.25, 0.3) is 0 Å². The van der Waals surface area contributed by atoms with Crippen LogP contribution in [0.3, 0.4) is 0 Å². The zero-order valence-electron chi connectivity index (χ0n) is 12.1. The predicted octanol–water partition coefficient (Wildman–Crippen LogP) is 2.90. The summed E-state index contributed by atoms with van der Waals surface area (Å²) in [5.74, 6) is 0. The minimum atomic E-state index is 0.922. The molecule has 0 fully saturated rings. The number of aromatic nitrogens is 2. The van der Waals surface area contributed by atoms with E-state index >= 15 is 0 Å². The predicted molar refractivity (Wildman–Crippen MR) is 80.8 cm³/mol. The number of benzene rings is 1. The third-order valence-electron chi connectivity index (χ3n) is 3.70. The second-order valence-electron chi connectivity index (χ2n) is 5.03. The number of nitrogens with one attached hydrogen (secondary N) is 1. The highest BCUT2D eigenvalue weighted by atomic mass is 16.3. The van der Waals surface area contributed by atoms with Crippen LogP contribution in [0, 0.1) is 6.92 Å². The van der Waals surface area contributed by atoms with Gasteiger partial charge in [-0.05, 0) is 20.0 Å². The molecule has 0 radical (unpaired) electrons. The number of fused-ring (bicyclic) bond motifs is 1. The molecule has 0 atom stereocenters. The quantitative estimate of drug-likeness (QED) is 0.792. The maximum absolute atomic E-state index is 5.67. The Balaban J connectivity index is 2.18. The molecule has 2 aromatic heterocycles. The smallest absolute Gasteiger partial charge is 0.134 e. The molecule has 2 heterocycles. The van der Waals surface area contributed by atoms with Crippen LogP contribution in [-0.4, -0.2) is 23.4 Å². The number of nitrogens with zero attached hydrogens (tertiary/aromatic N) is 2. The molecule has 1 aromatic carbocycles. The molecule has 1 N–H and O–H groups in total. The molecule has 0 aliphatic heterocycles. The lowest BCUT2D eigenvalue weighted by atomic mass is 10.0. The Morgan fingerprint density at radius 2 is 2.10 bits per heavy atom. The molecule has 3 aromatic rings. The lowest BCUT2D eigenvalue weighted by Gasteiger charge is -2.05. The fourth-order valence-corrected chi connectivity index (χ4v) is 2.76. The van der Waals surface area contributed by atoms with Crippen LogP contribution >= 0.6 is 0 Å². The van der Waals surface area contributed by atoms with Crippen molar-refractivity contribution in [1.29, 1.82) is 0 Å². The molecule has 0 aliphatic rings. The van der Waals surface area contributed by atoms with E-state index in [-0.39, 0.29) is 0 Å². The summed E-state index contributed by atoms with van der Waals surface area (Å²) in [4.78, 5) is 0. The van der Waals surface area contributed by atoms with Gasteiger partial charge in [0.05, 0.1) is 12.0 Å². The minimum Gasteiger partial charge on any atom is -0.464 e. The largest absolute Gasteiger partial charge is 0.464 e. The highest BCUT2D eigenvalue weighted by Gasteiger charge is 2.18. The Morgan fingerprint density at radius 3 is 2.90 bits per heavy atom. The van der Waals surface area contributed by atoms with Gasteiger partial charge in [-0.2, -0.15) is 5.10 Å². The van der Waals surface area contributed by atoms with Gasteiger partial charge in [-0.15, -0.1) is 0 Å². The Bertz CT molecular complexity index is 739. The number of hydrogen-bond donors (Lipinski definition) is 1. The Kier molecular flexibility index (Phi) is 3.32. The number of rotatable bonds is 4. The number of hydrogen-bond acceptors (Lipinski definition) is 3. The van der Waals surface area contributed by atoms with Gasteiger partial charge in [0.1, 0.15) is 5.58 Å². The zero-order valence-corrected chi connectivity index (χ0v) is 12.1. The van der Waals surface area contributed by atoms with Crippen molar-refractivity contribution in [3.63, 3.8) is 0 Å². The standard InChI is InChI=1S/C16H19N3O/c1-11-16(14(8-9-17-2)19(3)18-11)13-10-20-15-7-5-4-6-12(13)15/h4-7,10,17H,8-9H2,1-3H3. The van der Waals surface area contributed by atoms with Crippen molar-refractivity contribution >= 4 is 11.0 Å². The Morgan fingerprint density at radius 1 is 1.30 bits per heavy atom. The van der Waals surface area contributed by atoms with Crippen molar-refractivity contribution in [1.82, 2.24) is 15.1 Å². The normalized spacial score (nSPS) is 11.3. The summed E-state index contributed by atoms with van der Waals surface area (Å²) in [7, 11) is 3.97. The van der Waals surface area contributed by atoms with Crippen molar-refractivity contribution in [2.24, 2.45) is 7.05 Å². The summed E-state index contributed by atoms with van der Waals surface area (Å²) >= 11 is 0. The first-order valence-electron chi connectivity index (χ1n) is 6.86. The van der Waals surface area contributed by atoms with Crippen molar-refractivity contribution in [2.45, 2.75) is 13.3 Å². The van der Waals surface area contributed by atoms with Crippen molar-refractivity contribution in [3.05, 3.63) is 41.9 Å². The van der Waals surface area contributed by atoms with E-state index in [1.165, 1.54) is 11.3 Å². The lowest BCUT2D eigenvalue weighted by Crippen LogP contribution is -2.13. The van der Waals surface area contributed by atoms with Crippen LogP contribution in [0.2, 0.25) is 0 Å². The summed E-state index contributed by atoms with van der Waals surface area (Å²) in [6.07, 6.45) is 2.79. The van der Waals surface area contributed by atoms with Crippen LogP contribution in [-0.2, 0) is 13.5 Å². The topological polar surface area (TPSA) is 43.0 Å². The van der Waals surface area contributed by atoms with Crippen LogP contribution in [0.1, 0.15) is 11.4 Å². The van der Waals surface area contributed by atoms with E-state index in [4.69, 9.17) is 4.42 Å². The summed E-state index contributed by atoms with van der Waals surface area (Å²) in [6.45, 7) is 2.99. The number of aryl methyl sites for hydroxylation is 2. The van der Waals surface area contributed by atoms with Crippen LogP contribution in [0.4, 0.5) is 0 Å². The molecule has 0 saturated heterocycles. The highest BCUT2D eigenvalue weighted by Crippen LogP contribution is 2.34. The zero-order chi connectivity index (χ0) is 14.1. The second-order valence-corrected chi connectivity index (χ2v) is 5.03. The molecule has 3 rings (SSSR count). The van der Waals surface area contributed by atoms with Crippen LogP contribution in [0.5, 0.6) is 0 Å². The summed E-state index contributed by atoms with van der Waals surface area (Å²) in [5, 5.41) is 8.92. The molecule has 0 saturated carbocycles. The second kappa shape index (κ2) is 5.13. The first-order chi connectivity index (χ1) is 9.72. The summed E-state index contributed by atoms with van der Waals surface area (Å²) in [5.41, 5.74) is 5.55. The molecule has 0 unspecified atom stereocenters. The van der Waals surface area contributed by atoms with Gasteiger partial charge in [-0.1, -0.05) is 18.2 Å². The van der Waals surface area contributed by atoms with Gasteiger partial charge in [0.15, 0.2) is 0 Å². The van der Waals surface area contributed by atoms with E-state index in [0.29, 0.717) is 0 Å². The SMILES string of the molecule is CNCCc1c(-c2coc3ccccc23)c(C)nn1C. The van der Waals surface area contributed by atoms with Gasteiger partial charge in [-0.3, -0.25) is 4.68 Å². The molecule has 0 aliphatic carbocycles. The summed E-state index contributed by atoms with van der Waals surface area (Å²) in [6, 6.07) is 8.13. The van der Waals surface area contributed by atoms with E-state index in [1.54, 1.807) is 0 Å². The summed E-state index contributed by atoms with van der Waals surface area (Å²) < 4.78 is 7.65. The van der Waals surface area contributed by atoms with E-state index in [9.17, 15) is 0 Å². The third-order valence-corrected chi connectivity index (χ3v) is 3.70. The van der Waals surface area contributed by atoms with E-state index < -0.39 is 0 Å². The van der Waals surface area contributed by atoms with Gasteiger partial charge >= 0.3 is 0 Å². The highest BCUT2D eigenvalue weighted by molar-refractivity contribution is 5.95. The molecule has 0 spiro atoms. The molecule has 0 amide bonds. The Hall–Kier alpha value is -2.07. The lowest BCUT2D eigenvalue weighted by molar-refractivity contribution is 0.616. The number of para-hydroxylation sites is 1. The average Bonchev–Trinajstić information content (AvgIpc) is 2.97. The molecule has 4 heteroatoms. The Labute approximate surface area is 118 Å². The molecule has 104 valence electrons. The number of furan rings is 1. The fraction of sp³-hybridized carbons (Fsp3) is 0.312. The van der Waals surface area contributed by atoms with Gasteiger partial charge in [-0.25, -0.2) is 0 Å². The maximum atomic E-state index is 5.67. The van der Waals surface area contributed by atoms with Gasteiger partial charge in [0, 0.05) is 42.2 Å². The average molecular weight is 269 g/mol. The van der Waals surface area contributed by atoms with Crippen LogP contribution in [0.15, 0.2) is 34.9 Å². The van der Waals surface area contributed by atoms with E-state index in [1.807, 2.05) is 43.2 Å². The third kappa shape index (κ3) is 2.02. The number of likely N-dealkylation sites (N-methyl/N-ethyl adjacent to an activating group) is 1. The maximum Gasteiger partial charge on any atom is 0.134 e. The molecular formula is C16H19N3O. The molecule has 20 heavy (non-hydrogen) atoms. The molecular weight excluding hydrogens is 250 g/mol. The molecule has 0 bridgehead atoms. The van der Waals surface area contributed by atoms with Crippen LogP contribution < -0.4 is 5.32 Å².